The van der Waals surface area contributed by atoms with Gasteiger partial charge in [0.2, 0.25) is 0 Å². The van der Waals surface area contributed by atoms with Crippen molar-refractivity contribution in [3.8, 4) is 11.3 Å². The quantitative estimate of drug-likeness (QED) is 0.224. The topological polar surface area (TPSA) is 103 Å². The van der Waals surface area contributed by atoms with E-state index < -0.39 is 12.0 Å². The lowest BCUT2D eigenvalue weighted by Crippen LogP contribution is -2.40. The number of para-hydroxylation sites is 1. The number of fused-ring (bicyclic) bond motifs is 1. The fourth-order valence-corrected chi connectivity index (χ4v) is 6.43. The summed E-state index contributed by atoms with van der Waals surface area (Å²) in [6, 6.07) is 27.0. The molecule has 0 saturated carbocycles. The third-order valence-electron chi connectivity index (χ3n) is 7.71. The lowest BCUT2D eigenvalue weighted by molar-refractivity contribution is -0.113. The Morgan fingerprint density at radius 2 is 1.69 bits per heavy atom. The number of carbonyl (C=O) groups is 2. The van der Waals surface area contributed by atoms with Gasteiger partial charge in [0.1, 0.15) is 11.5 Å². The maximum Gasteiger partial charge on any atom is 0.338 e. The largest absolute Gasteiger partial charge is 0.465 e. The number of rotatable bonds is 7. The number of furan rings is 1. The molecule has 1 aliphatic rings. The van der Waals surface area contributed by atoms with Crippen molar-refractivity contribution in [1.82, 2.24) is 4.57 Å². The normalized spacial score (nSPS) is 14.7. The number of ether oxygens (including phenoxy) is 1. The van der Waals surface area contributed by atoms with Crippen LogP contribution in [0.3, 0.4) is 0 Å². The van der Waals surface area contributed by atoms with Gasteiger partial charge in [-0.2, -0.15) is 0 Å². The van der Waals surface area contributed by atoms with Gasteiger partial charge in [-0.3, -0.25) is 14.2 Å². The minimum atomic E-state index is -0.688. The SMILES string of the molecule is COC(=O)c1ccccc1-c1ccc(/C=c2/sc3n(c2=O)[C@@H](c2ccc(C(C)C)cc2)C(C(=O)Nc2ccccc2)=C(C)N=3)o1. The minimum absolute atomic E-state index is 0.290. The van der Waals surface area contributed by atoms with Gasteiger partial charge in [0.05, 0.1) is 34.5 Å². The first-order chi connectivity index (χ1) is 21.7. The standard InChI is InChI=1S/C36H31N3O5S/c1-21(2)23-14-16-24(17-15-23)32-31(33(40)38-25-10-6-5-7-11-25)22(3)37-36-39(32)34(41)30(45-36)20-26-18-19-29(44-26)27-12-8-9-13-28(27)35(42)43-4/h5-21,32H,1-4H3,(H,38,40)/b30-20+/t32-/m0/s1. The number of aromatic nitrogens is 1. The molecular formula is C36H31N3O5S. The number of hydrogen-bond donors (Lipinski definition) is 1. The van der Waals surface area contributed by atoms with Crippen LogP contribution in [-0.4, -0.2) is 23.6 Å². The number of nitrogens with zero attached hydrogens (tertiary/aromatic N) is 2. The molecule has 3 heterocycles. The third-order valence-corrected chi connectivity index (χ3v) is 8.70. The summed E-state index contributed by atoms with van der Waals surface area (Å²) in [5, 5.41) is 2.98. The lowest BCUT2D eigenvalue weighted by Gasteiger charge is -2.25. The van der Waals surface area contributed by atoms with Crippen molar-refractivity contribution in [1.29, 1.82) is 0 Å². The van der Waals surface area contributed by atoms with Crippen molar-refractivity contribution in [2.45, 2.75) is 32.7 Å². The Morgan fingerprint density at radius 1 is 0.978 bits per heavy atom. The number of thiazole rings is 1. The fourth-order valence-electron chi connectivity index (χ4n) is 5.40. The monoisotopic (exact) mass is 617 g/mol. The number of nitrogens with one attached hydrogen (secondary N) is 1. The zero-order valence-electron chi connectivity index (χ0n) is 25.2. The molecule has 0 radical (unpaired) electrons. The van der Waals surface area contributed by atoms with E-state index in [0.29, 0.717) is 54.9 Å². The average molecular weight is 618 g/mol. The zero-order chi connectivity index (χ0) is 31.7. The maximum atomic E-state index is 14.1. The number of hydrogen-bond acceptors (Lipinski definition) is 7. The van der Waals surface area contributed by atoms with E-state index in [-0.39, 0.29) is 11.5 Å². The molecule has 1 aliphatic heterocycles. The number of anilines is 1. The summed E-state index contributed by atoms with van der Waals surface area (Å²) in [5.74, 6) is 0.437. The van der Waals surface area contributed by atoms with Crippen LogP contribution in [0.5, 0.6) is 0 Å². The molecule has 6 rings (SSSR count). The number of allylic oxidation sites excluding steroid dienone is 1. The molecule has 5 aromatic rings. The van der Waals surface area contributed by atoms with Crippen molar-refractivity contribution in [3.05, 3.63) is 144 Å². The Balaban J connectivity index is 1.45. The second-order valence-corrected chi connectivity index (χ2v) is 12.0. The Hall–Kier alpha value is -5.28. The van der Waals surface area contributed by atoms with E-state index in [9.17, 15) is 14.4 Å². The van der Waals surface area contributed by atoms with Crippen LogP contribution in [0.1, 0.15) is 60.0 Å². The maximum absolute atomic E-state index is 14.1. The third kappa shape index (κ3) is 5.82. The van der Waals surface area contributed by atoms with Crippen LogP contribution in [-0.2, 0) is 9.53 Å². The number of esters is 1. The Kier molecular flexibility index (Phi) is 8.19. The van der Waals surface area contributed by atoms with Gasteiger partial charge in [0.25, 0.3) is 11.5 Å². The first kappa shape index (κ1) is 29.8. The number of carbonyl (C=O) groups excluding carboxylic acids is 2. The van der Waals surface area contributed by atoms with Gasteiger partial charge in [-0.15, -0.1) is 0 Å². The molecule has 1 amide bonds. The zero-order valence-corrected chi connectivity index (χ0v) is 26.1. The smallest absolute Gasteiger partial charge is 0.338 e. The second-order valence-electron chi connectivity index (χ2n) is 11.0. The van der Waals surface area contributed by atoms with Crippen LogP contribution in [0.15, 0.2) is 116 Å². The molecule has 0 unspecified atom stereocenters. The van der Waals surface area contributed by atoms with Crippen LogP contribution in [0.25, 0.3) is 17.4 Å². The van der Waals surface area contributed by atoms with Gasteiger partial charge in [0, 0.05) is 17.3 Å². The van der Waals surface area contributed by atoms with Crippen LogP contribution in [0.4, 0.5) is 5.69 Å². The van der Waals surface area contributed by atoms with Crippen LogP contribution in [0.2, 0.25) is 0 Å². The summed E-state index contributed by atoms with van der Waals surface area (Å²) < 4.78 is 13.0. The van der Waals surface area contributed by atoms with Crippen molar-refractivity contribution >= 4 is 35.0 Å². The van der Waals surface area contributed by atoms with Gasteiger partial charge in [-0.25, -0.2) is 9.79 Å². The van der Waals surface area contributed by atoms with E-state index in [4.69, 9.17) is 14.1 Å². The summed E-state index contributed by atoms with van der Waals surface area (Å²) in [6.07, 6.45) is 1.66. The van der Waals surface area contributed by atoms with Crippen molar-refractivity contribution in [2.24, 2.45) is 4.99 Å². The summed E-state index contributed by atoms with van der Waals surface area (Å²) in [5.41, 5.74) is 4.21. The lowest BCUT2D eigenvalue weighted by atomic mass is 9.93. The first-order valence-corrected chi connectivity index (χ1v) is 15.3. The molecule has 0 saturated heterocycles. The summed E-state index contributed by atoms with van der Waals surface area (Å²) in [4.78, 5) is 45.4. The van der Waals surface area contributed by atoms with E-state index in [2.05, 4.69) is 19.2 Å². The molecule has 0 fully saturated rings. The minimum Gasteiger partial charge on any atom is -0.465 e. The van der Waals surface area contributed by atoms with Crippen molar-refractivity contribution in [2.75, 3.05) is 12.4 Å². The summed E-state index contributed by atoms with van der Waals surface area (Å²) in [7, 11) is 1.33. The van der Waals surface area contributed by atoms with E-state index in [1.165, 1.54) is 18.4 Å². The first-order valence-electron chi connectivity index (χ1n) is 14.5. The van der Waals surface area contributed by atoms with Gasteiger partial charge in [0.15, 0.2) is 4.80 Å². The molecule has 0 bridgehead atoms. The highest BCUT2D eigenvalue weighted by Crippen LogP contribution is 2.32. The highest BCUT2D eigenvalue weighted by atomic mass is 32.1. The Labute approximate surface area is 263 Å². The Bertz CT molecular complexity index is 2120. The molecule has 3 aromatic carbocycles. The average Bonchev–Trinajstić information content (AvgIpc) is 3.64. The van der Waals surface area contributed by atoms with E-state index in [1.807, 2.05) is 60.7 Å². The predicted octanol–water partition coefficient (Wildman–Crippen LogP) is 6.04. The highest BCUT2D eigenvalue weighted by molar-refractivity contribution is 7.07. The van der Waals surface area contributed by atoms with E-state index in [0.717, 1.165) is 11.1 Å². The molecule has 226 valence electrons. The van der Waals surface area contributed by atoms with E-state index in [1.54, 1.807) is 47.9 Å². The summed E-state index contributed by atoms with van der Waals surface area (Å²) in [6.45, 7) is 6.04. The molecular weight excluding hydrogens is 586 g/mol. The van der Waals surface area contributed by atoms with Crippen LogP contribution >= 0.6 is 11.3 Å². The van der Waals surface area contributed by atoms with Crippen molar-refractivity contribution < 1.29 is 18.7 Å². The van der Waals surface area contributed by atoms with Gasteiger partial charge >= 0.3 is 5.97 Å². The number of benzene rings is 3. The van der Waals surface area contributed by atoms with Crippen LogP contribution < -0.4 is 20.2 Å². The molecule has 2 aromatic heterocycles. The number of amides is 1. The Morgan fingerprint density at radius 3 is 2.40 bits per heavy atom. The molecule has 9 heteroatoms. The van der Waals surface area contributed by atoms with Gasteiger partial charge in [-0.05, 0) is 54.3 Å². The van der Waals surface area contributed by atoms with Crippen molar-refractivity contribution in [3.63, 3.8) is 0 Å². The second kappa shape index (κ2) is 12.4. The van der Waals surface area contributed by atoms with Gasteiger partial charge in [-0.1, -0.05) is 85.8 Å². The predicted molar refractivity (Wildman–Crippen MR) is 175 cm³/mol. The van der Waals surface area contributed by atoms with E-state index >= 15 is 0 Å². The highest BCUT2D eigenvalue weighted by Gasteiger charge is 2.32. The van der Waals surface area contributed by atoms with Gasteiger partial charge < -0.3 is 14.5 Å². The summed E-state index contributed by atoms with van der Waals surface area (Å²) >= 11 is 1.23. The molecule has 8 nitrogen and oxygen atoms in total. The molecule has 0 aliphatic carbocycles. The molecule has 0 spiro atoms. The van der Waals surface area contributed by atoms with Crippen LogP contribution in [0, 0.1) is 0 Å². The molecule has 1 N–H and O–H groups in total. The molecule has 45 heavy (non-hydrogen) atoms. The fraction of sp³-hybridized carbons (Fsp3) is 0.167. The number of methoxy groups -OCH3 is 1. The molecule has 1 atom stereocenters.